The van der Waals surface area contributed by atoms with Gasteiger partial charge in [0.15, 0.2) is 0 Å². The Bertz CT molecular complexity index is 1130. The Hall–Kier alpha value is -2.36. The van der Waals surface area contributed by atoms with E-state index in [0.717, 1.165) is 16.6 Å². The number of sulfonamides is 1. The molecule has 1 N–H and O–H groups in total. The Balaban J connectivity index is 1.75. The van der Waals surface area contributed by atoms with Crippen LogP contribution < -0.4 is 9.46 Å². The van der Waals surface area contributed by atoms with E-state index in [1.807, 2.05) is 6.92 Å². The number of benzene rings is 1. The summed E-state index contributed by atoms with van der Waals surface area (Å²) in [5, 5.41) is 5.24. The predicted octanol–water partition coefficient (Wildman–Crippen LogP) is 2.53. The number of hydrogen-bond donors (Lipinski definition) is 1. The first-order valence-electron chi connectivity index (χ1n) is 8.18. The van der Waals surface area contributed by atoms with E-state index < -0.39 is 15.3 Å². The zero-order chi connectivity index (χ0) is 19.2. The summed E-state index contributed by atoms with van der Waals surface area (Å²) >= 11 is 6.04. The van der Waals surface area contributed by atoms with Gasteiger partial charge in [-0.05, 0) is 19.1 Å². The largest absolute Gasteiger partial charge is 0.494 e. The summed E-state index contributed by atoms with van der Waals surface area (Å²) in [4.78, 5) is 4.10. The van der Waals surface area contributed by atoms with Gasteiger partial charge in [-0.15, -0.1) is 0 Å². The second kappa shape index (κ2) is 6.66. The van der Waals surface area contributed by atoms with Crippen molar-refractivity contribution in [1.82, 2.24) is 14.8 Å². The van der Waals surface area contributed by atoms with Crippen molar-refractivity contribution in [2.24, 2.45) is 0 Å². The summed E-state index contributed by atoms with van der Waals surface area (Å²) in [6.07, 6.45) is 1.67. The van der Waals surface area contributed by atoms with Crippen LogP contribution in [-0.2, 0) is 14.8 Å². The van der Waals surface area contributed by atoms with Crippen LogP contribution in [0, 0.1) is 6.92 Å². The lowest BCUT2D eigenvalue weighted by atomic mass is 10.2. The quantitative estimate of drug-likeness (QED) is 0.652. The van der Waals surface area contributed by atoms with Crippen LogP contribution in [0.1, 0.15) is 5.69 Å². The van der Waals surface area contributed by atoms with Gasteiger partial charge in [0.05, 0.1) is 37.2 Å². The fourth-order valence-corrected chi connectivity index (χ4v) is 4.20. The van der Waals surface area contributed by atoms with Gasteiger partial charge in [-0.3, -0.25) is 4.72 Å². The molecular weight excluding hydrogens is 392 g/mol. The lowest BCUT2D eigenvalue weighted by Gasteiger charge is -2.26. The number of pyridine rings is 1. The van der Waals surface area contributed by atoms with Gasteiger partial charge in [0, 0.05) is 23.7 Å². The van der Waals surface area contributed by atoms with E-state index >= 15 is 0 Å². The van der Waals surface area contributed by atoms with Crippen LogP contribution in [-0.4, -0.2) is 48.8 Å². The number of nitrogens with zero attached hydrogens (tertiary/aromatic N) is 3. The molecule has 10 heteroatoms. The molecule has 0 radical (unpaired) electrons. The van der Waals surface area contributed by atoms with Crippen molar-refractivity contribution in [2.75, 3.05) is 25.0 Å². The summed E-state index contributed by atoms with van der Waals surface area (Å²) in [6, 6.07) is 6.76. The fourth-order valence-electron chi connectivity index (χ4n) is 2.87. The highest BCUT2D eigenvalue weighted by atomic mass is 35.5. The van der Waals surface area contributed by atoms with Gasteiger partial charge in [0.2, 0.25) is 10.0 Å². The van der Waals surface area contributed by atoms with E-state index in [2.05, 4.69) is 14.8 Å². The molecule has 8 nitrogen and oxygen atoms in total. The zero-order valence-corrected chi connectivity index (χ0v) is 16.2. The standard InChI is InChI=1S/C17H17ClN4O4S/c1-10-13-7-19-17(18)6-15(13)22(20-10)14-4-3-11(5-16(14)25-2)21-27(23,24)12-8-26-9-12/h3-7,12,21H,8-9H2,1-2H3. The molecule has 0 saturated carbocycles. The second-order valence-electron chi connectivity index (χ2n) is 6.21. The lowest BCUT2D eigenvalue weighted by molar-refractivity contribution is 0.0418. The first kappa shape index (κ1) is 18.0. The molecular formula is C17H17ClN4O4S. The number of fused-ring (bicyclic) bond motifs is 1. The first-order chi connectivity index (χ1) is 12.9. The molecule has 4 rings (SSSR count). The van der Waals surface area contributed by atoms with Crippen LogP contribution >= 0.6 is 11.6 Å². The van der Waals surface area contributed by atoms with E-state index in [1.165, 1.54) is 7.11 Å². The number of rotatable bonds is 5. The SMILES string of the molecule is COc1cc(NS(=O)(=O)C2COC2)ccc1-n1nc(C)c2cnc(Cl)cc21. The van der Waals surface area contributed by atoms with Crippen molar-refractivity contribution in [3.63, 3.8) is 0 Å². The Morgan fingerprint density at radius 2 is 2.11 bits per heavy atom. The summed E-state index contributed by atoms with van der Waals surface area (Å²) in [6.45, 7) is 2.29. The second-order valence-corrected chi connectivity index (χ2v) is 8.56. The van der Waals surface area contributed by atoms with Gasteiger partial charge in [-0.25, -0.2) is 18.1 Å². The van der Waals surface area contributed by atoms with E-state index in [4.69, 9.17) is 21.1 Å². The number of hydrogen-bond acceptors (Lipinski definition) is 6. The van der Waals surface area contributed by atoms with Crippen LogP contribution in [0.4, 0.5) is 5.69 Å². The Morgan fingerprint density at radius 3 is 2.78 bits per heavy atom. The van der Waals surface area contributed by atoms with Crippen molar-refractivity contribution in [3.05, 3.63) is 41.3 Å². The minimum atomic E-state index is -3.49. The topological polar surface area (TPSA) is 95.3 Å². The smallest absolute Gasteiger partial charge is 0.240 e. The molecule has 3 aromatic rings. The van der Waals surface area contributed by atoms with Crippen molar-refractivity contribution in [3.8, 4) is 11.4 Å². The van der Waals surface area contributed by atoms with Crippen LogP contribution in [0.3, 0.4) is 0 Å². The maximum atomic E-state index is 12.3. The summed E-state index contributed by atoms with van der Waals surface area (Å²) in [5.41, 5.74) is 2.65. The van der Waals surface area contributed by atoms with Gasteiger partial charge < -0.3 is 9.47 Å². The third-order valence-electron chi connectivity index (χ3n) is 4.43. The van der Waals surface area contributed by atoms with Crippen molar-refractivity contribution >= 4 is 38.2 Å². The molecule has 1 aliphatic rings. The highest BCUT2D eigenvalue weighted by molar-refractivity contribution is 7.93. The summed E-state index contributed by atoms with van der Waals surface area (Å²) < 4.78 is 39.3. The molecule has 1 fully saturated rings. The van der Waals surface area contributed by atoms with Crippen molar-refractivity contribution in [1.29, 1.82) is 0 Å². The van der Waals surface area contributed by atoms with Crippen LogP contribution in [0.2, 0.25) is 5.15 Å². The molecule has 27 heavy (non-hydrogen) atoms. The predicted molar refractivity (Wildman–Crippen MR) is 102 cm³/mol. The van der Waals surface area contributed by atoms with Gasteiger partial charge in [0.25, 0.3) is 0 Å². The molecule has 0 atom stereocenters. The number of methoxy groups -OCH3 is 1. The summed E-state index contributed by atoms with van der Waals surface area (Å²) in [7, 11) is -1.98. The fraction of sp³-hybridized carbons (Fsp3) is 0.294. The van der Waals surface area contributed by atoms with Gasteiger partial charge in [-0.1, -0.05) is 11.6 Å². The third kappa shape index (κ3) is 3.22. The third-order valence-corrected chi connectivity index (χ3v) is 6.31. The molecule has 2 aromatic heterocycles. The normalized spacial score (nSPS) is 14.9. The summed E-state index contributed by atoms with van der Waals surface area (Å²) in [5.74, 6) is 0.470. The van der Waals surface area contributed by atoms with Gasteiger partial charge in [0.1, 0.15) is 21.8 Å². The number of ether oxygens (including phenoxy) is 2. The Morgan fingerprint density at radius 1 is 1.33 bits per heavy atom. The van der Waals surface area contributed by atoms with Crippen LogP contribution in [0.15, 0.2) is 30.5 Å². The Kier molecular flexibility index (Phi) is 4.45. The molecule has 0 spiro atoms. The number of halogens is 1. The number of nitrogens with one attached hydrogen (secondary N) is 1. The monoisotopic (exact) mass is 408 g/mol. The zero-order valence-electron chi connectivity index (χ0n) is 14.6. The first-order valence-corrected chi connectivity index (χ1v) is 10.1. The number of aryl methyl sites for hydroxylation is 1. The molecule has 142 valence electrons. The average Bonchev–Trinajstić information content (AvgIpc) is 2.88. The van der Waals surface area contributed by atoms with Crippen LogP contribution in [0.5, 0.6) is 5.75 Å². The van der Waals surface area contributed by atoms with Crippen molar-refractivity contribution < 1.29 is 17.9 Å². The van der Waals surface area contributed by atoms with Crippen LogP contribution in [0.25, 0.3) is 16.6 Å². The highest BCUT2D eigenvalue weighted by Crippen LogP contribution is 2.31. The van der Waals surface area contributed by atoms with E-state index in [1.54, 1.807) is 35.1 Å². The molecule has 0 amide bonds. The minimum absolute atomic E-state index is 0.206. The van der Waals surface area contributed by atoms with Crippen molar-refractivity contribution in [2.45, 2.75) is 12.2 Å². The maximum Gasteiger partial charge on any atom is 0.240 e. The molecule has 3 heterocycles. The van der Waals surface area contributed by atoms with E-state index in [9.17, 15) is 8.42 Å². The molecule has 1 aliphatic heterocycles. The maximum absolute atomic E-state index is 12.3. The van der Waals surface area contributed by atoms with Gasteiger partial charge in [-0.2, -0.15) is 5.10 Å². The highest BCUT2D eigenvalue weighted by Gasteiger charge is 2.32. The molecule has 1 saturated heterocycles. The molecule has 0 unspecified atom stereocenters. The molecule has 0 aliphatic carbocycles. The molecule has 1 aromatic carbocycles. The van der Waals surface area contributed by atoms with E-state index in [-0.39, 0.29) is 13.2 Å². The molecule has 0 bridgehead atoms. The van der Waals surface area contributed by atoms with E-state index in [0.29, 0.717) is 22.3 Å². The average molecular weight is 409 g/mol. The minimum Gasteiger partial charge on any atom is -0.494 e. The number of anilines is 1. The Labute approximate surface area is 161 Å². The van der Waals surface area contributed by atoms with Gasteiger partial charge >= 0.3 is 0 Å². The number of aromatic nitrogens is 3. The lowest BCUT2D eigenvalue weighted by Crippen LogP contribution is -2.43.